The van der Waals surface area contributed by atoms with Gasteiger partial charge in [-0.15, -0.1) is 0 Å². The van der Waals surface area contributed by atoms with Crippen LogP contribution in [-0.4, -0.2) is 31.6 Å². The first-order valence-electron chi connectivity index (χ1n) is 12.7. The van der Waals surface area contributed by atoms with Crippen molar-refractivity contribution in [2.24, 2.45) is 17.3 Å². The molecule has 3 rings (SSSR count). The average molecular weight is 463 g/mol. The molecule has 1 aliphatic heterocycles. The minimum atomic E-state index is -0.197. The van der Waals surface area contributed by atoms with E-state index in [0.717, 1.165) is 50.5 Å². The highest BCUT2D eigenvalue weighted by molar-refractivity contribution is 5.89. The van der Waals surface area contributed by atoms with Gasteiger partial charge in [-0.3, -0.25) is 9.59 Å². The van der Waals surface area contributed by atoms with Crippen molar-refractivity contribution in [3.63, 3.8) is 0 Å². The van der Waals surface area contributed by atoms with Crippen LogP contribution in [-0.2, 0) is 19.1 Å². The third kappa shape index (κ3) is 7.18. The highest BCUT2D eigenvalue weighted by Gasteiger charge is 2.57. The number of carbonyl (C=O) groups is 2. The summed E-state index contributed by atoms with van der Waals surface area (Å²) < 4.78 is 10.9. The number of allylic oxidation sites excluding steroid dienone is 3. The summed E-state index contributed by atoms with van der Waals surface area (Å²) in [6, 6.07) is 10.1. The van der Waals surface area contributed by atoms with Crippen molar-refractivity contribution in [3.05, 3.63) is 60.2 Å². The number of fused-ring (bicyclic) bond motifs is 2. The van der Waals surface area contributed by atoms with Crippen molar-refractivity contribution in [3.8, 4) is 11.8 Å². The summed E-state index contributed by atoms with van der Waals surface area (Å²) >= 11 is 0. The normalized spacial score (nSPS) is 25.5. The summed E-state index contributed by atoms with van der Waals surface area (Å²) in [5.41, 5.74) is 0.819. The third-order valence-electron chi connectivity index (χ3n) is 7.02. The van der Waals surface area contributed by atoms with E-state index >= 15 is 0 Å². The molecular weight excluding hydrogens is 424 g/mol. The molecule has 0 amide bonds. The number of methoxy groups -OCH3 is 1. The van der Waals surface area contributed by atoms with E-state index in [-0.39, 0.29) is 29.2 Å². The molecule has 1 aromatic carbocycles. The molecule has 2 bridgehead atoms. The number of hydrogen-bond donors (Lipinski definition) is 0. The molecule has 2 aliphatic rings. The van der Waals surface area contributed by atoms with Gasteiger partial charge in [0.2, 0.25) is 0 Å². The molecule has 1 aliphatic carbocycles. The number of ketones is 1. The van der Waals surface area contributed by atoms with Gasteiger partial charge in [-0.2, -0.15) is 0 Å². The van der Waals surface area contributed by atoms with Crippen molar-refractivity contribution in [2.45, 2.75) is 70.8 Å². The number of esters is 1. The molecule has 2 fully saturated rings. The predicted octanol–water partition coefficient (Wildman–Crippen LogP) is 6.05. The quantitative estimate of drug-likeness (QED) is 0.125. The maximum absolute atomic E-state index is 12.4. The first-order chi connectivity index (χ1) is 16.6. The molecular formula is C30H38O4. The highest BCUT2D eigenvalue weighted by Crippen LogP contribution is 2.55. The maximum atomic E-state index is 12.4. The Bertz CT molecular complexity index is 920. The van der Waals surface area contributed by atoms with E-state index in [1.807, 2.05) is 30.3 Å². The summed E-state index contributed by atoms with van der Waals surface area (Å²) in [7, 11) is 1.42. The lowest BCUT2D eigenvalue weighted by molar-refractivity contribution is -0.140. The Balaban J connectivity index is 1.71. The van der Waals surface area contributed by atoms with E-state index < -0.39 is 0 Å². The van der Waals surface area contributed by atoms with Crippen LogP contribution in [0, 0.1) is 29.1 Å². The highest BCUT2D eigenvalue weighted by atomic mass is 16.5. The van der Waals surface area contributed by atoms with E-state index in [1.165, 1.54) is 7.11 Å². The Morgan fingerprint density at radius 2 is 1.97 bits per heavy atom. The fourth-order valence-electron chi connectivity index (χ4n) is 5.08. The number of carbonyl (C=O) groups excluding carboxylic acids is 2. The molecule has 0 aromatic heterocycles. The van der Waals surface area contributed by atoms with Gasteiger partial charge in [-0.05, 0) is 56.2 Å². The van der Waals surface area contributed by atoms with Crippen LogP contribution in [0.1, 0.15) is 70.3 Å². The van der Waals surface area contributed by atoms with Gasteiger partial charge in [0, 0.05) is 24.3 Å². The molecule has 0 N–H and O–H groups in total. The maximum Gasteiger partial charge on any atom is 0.305 e. The smallest absolute Gasteiger partial charge is 0.305 e. The summed E-state index contributed by atoms with van der Waals surface area (Å²) in [5.74, 6) is 7.52. The van der Waals surface area contributed by atoms with Crippen LogP contribution in [0.25, 0.3) is 0 Å². The van der Waals surface area contributed by atoms with Crippen LogP contribution >= 0.6 is 0 Å². The molecule has 4 heteroatoms. The van der Waals surface area contributed by atoms with E-state index in [2.05, 4.69) is 37.0 Å². The van der Waals surface area contributed by atoms with Crippen LogP contribution in [0.4, 0.5) is 0 Å². The summed E-state index contributed by atoms with van der Waals surface area (Å²) in [5, 5.41) is 0. The zero-order valence-corrected chi connectivity index (χ0v) is 20.6. The average Bonchev–Trinajstić information content (AvgIpc) is 3.41. The molecule has 0 unspecified atom stereocenters. The first kappa shape index (κ1) is 26.0. The topological polar surface area (TPSA) is 52.6 Å². The van der Waals surface area contributed by atoms with Crippen molar-refractivity contribution in [1.29, 1.82) is 0 Å². The van der Waals surface area contributed by atoms with Gasteiger partial charge < -0.3 is 9.47 Å². The molecule has 4 nitrogen and oxygen atoms in total. The number of benzene rings is 1. The Morgan fingerprint density at radius 3 is 2.74 bits per heavy atom. The predicted molar refractivity (Wildman–Crippen MR) is 135 cm³/mol. The number of hydrogen-bond acceptors (Lipinski definition) is 4. The zero-order valence-electron chi connectivity index (χ0n) is 20.6. The molecule has 4 atom stereocenters. The Hall–Kier alpha value is -2.64. The second-order valence-electron chi connectivity index (χ2n) is 9.47. The van der Waals surface area contributed by atoms with Gasteiger partial charge in [0.1, 0.15) is 0 Å². The molecule has 1 saturated heterocycles. The molecule has 1 heterocycles. The third-order valence-corrected chi connectivity index (χ3v) is 7.02. The summed E-state index contributed by atoms with van der Waals surface area (Å²) in [6.07, 6.45) is 16.0. The number of rotatable bonds is 12. The number of ether oxygens (including phenoxy) is 2. The van der Waals surface area contributed by atoms with E-state index in [4.69, 9.17) is 9.47 Å². The number of unbranched alkanes of at least 4 members (excludes halogenated alkanes) is 3. The van der Waals surface area contributed by atoms with Crippen LogP contribution in [0.3, 0.4) is 0 Å². The SMILES string of the molecule is CCCCCC(=O)/C=C/[C@@H]1[C@@H]2C[C@@](C#Cc3ccccc3)(CO2)[C@H]1C/C=C\CCCC(=O)OC. The van der Waals surface area contributed by atoms with Crippen LogP contribution in [0.2, 0.25) is 0 Å². The first-order valence-corrected chi connectivity index (χ1v) is 12.7. The Morgan fingerprint density at radius 1 is 1.15 bits per heavy atom. The van der Waals surface area contributed by atoms with Gasteiger partial charge >= 0.3 is 5.97 Å². The van der Waals surface area contributed by atoms with Crippen molar-refractivity contribution < 1.29 is 19.1 Å². The van der Waals surface area contributed by atoms with Gasteiger partial charge in [0.15, 0.2) is 5.78 Å². The Labute approximate surface area is 204 Å². The Kier molecular flexibility index (Phi) is 10.2. The molecule has 0 spiro atoms. The van der Waals surface area contributed by atoms with E-state index in [9.17, 15) is 9.59 Å². The van der Waals surface area contributed by atoms with E-state index in [1.54, 1.807) is 6.08 Å². The summed E-state index contributed by atoms with van der Waals surface area (Å²) in [4.78, 5) is 23.7. The van der Waals surface area contributed by atoms with Crippen molar-refractivity contribution in [1.82, 2.24) is 0 Å². The van der Waals surface area contributed by atoms with E-state index in [0.29, 0.717) is 25.4 Å². The largest absolute Gasteiger partial charge is 0.469 e. The lowest BCUT2D eigenvalue weighted by atomic mass is 9.73. The van der Waals surface area contributed by atoms with Gasteiger partial charge in [0.25, 0.3) is 0 Å². The fraction of sp³-hybridized carbons (Fsp3) is 0.533. The molecule has 34 heavy (non-hydrogen) atoms. The monoisotopic (exact) mass is 462 g/mol. The van der Waals surface area contributed by atoms with Gasteiger partial charge in [-0.25, -0.2) is 0 Å². The minimum Gasteiger partial charge on any atom is -0.469 e. The standard InChI is InChI=1S/C30H38O4/c1-3-4-8-15-25(31)18-19-26-27(16-11-5-6-12-17-29(32)33-2)30(22-28(26)34-23-30)21-20-24-13-9-7-10-14-24/h5,7,9-11,13-14,18-19,26-28H,3-4,6,8,12,15-17,22-23H2,1-2H3/b11-5-,19-18+/t26-,27-,28-,30-/m0/s1. The van der Waals surface area contributed by atoms with Gasteiger partial charge in [-0.1, -0.05) is 68.0 Å². The second kappa shape index (κ2) is 13.3. The lowest BCUT2D eigenvalue weighted by Crippen LogP contribution is -2.34. The zero-order chi connectivity index (χ0) is 24.2. The lowest BCUT2D eigenvalue weighted by Gasteiger charge is -2.34. The van der Waals surface area contributed by atoms with Crippen LogP contribution in [0.5, 0.6) is 0 Å². The molecule has 0 radical (unpaired) electrons. The van der Waals surface area contributed by atoms with Crippen molar-refractivity contribution in [2.75, 3.05) is 13.7 Å². The minimum absolute atomic E-state index is 0.113. The van der Waals surface area contributed by atoms with Crippen LogP contribution < -0.4 is 0 Å². The van der Waals surface area contributed by atoms with Crippen molar-refractivity contribution >= 4 is 11.8 Å². The summed E-state index contributed by atoms with van der Waals surface area (Å²) in [6.45, 7) is 2.80. The molecule has 1 saturated carbocycles. The molecule has 182 valence electrons. The van der Waals surface area contributed by atoms with Crippen LogP contribution in [0.15, 0.2) is 54.6 Å². The second-order valence-corrected chi connectivity index (χ2v) is 9.47. The fourth-order valence-corrected chi connectivity index (χ4v) is 5.08. The van der Waals surface area contributed by atoms with Gasteiger partial charge in [0.05, 0.1) is 25.2 Å². The molecule has 1 aromatic rings.